The van der Waals surface area contributed by atoms with E-state index in [1.54, 1.807) is 17.0 Å². The predicted octanol–water partition coefficient (Wildman–Crippen LogP) is 4.80. The summed E-state index contributed by atoms with van der Waals surface area (Å²) in [7, 11) is 0. The van der Waals surface area contributed by atoms with Gasteiger partial charge in [0.15, 0.2) is 0 Å². The van der Waals surface area contributed by atoms with Crippen molar-refractivity contribution in [1.29, 1.82) is 0 Å². The van der Waals surface area contributed by atoms with Gasteiger partial charge in [-0.1, -0.05) is 49.7 Å². The molecule has 7 heteroatoms. The minimum atomic E-state index is -0.372. The summed E-state index contributed by atoms with van der Waals surface area (Å²) in [4.78, 5) is 14.9. The van der Waals surface area contributed by atoms with E-state index in [4.69, 9.17) is 11.6 Å². The third-order valence-electron chi connectivity index (χ3n) is 5.87. The van der Waals surface area contributed by atoms with Crippen LogP contribution in [0.15, 0.2) is 36.4 Å². The first-order chi connectivity index (χ1) is 14.8. The molecule has 1 aromatic heterocycles. The van der Waals surface area contributed by atoms with Crippen molar-refractivity contribution in [2.45, 2.75) is 39.2 Å². The Morgan fingerprint density at radius 2 is 1.94 bits per heavy atom. The van der Waals surface area contributed by atoms with Gasteiger partial charge in [0.05, 0.1) is 6.04 Å². The van der Waals surface area contributed by atoms with Crippen molar-refractivity contribution in [3.05, 3.63) is 69.4 Å². The number of aromatic amines is 1. The summed E-state index contributed by atoms with van der Waals surface area (Å²) >= 11 is 6.33. The van der Waals surface area contributed by atoms with Crippen LogP contribution in [0.5, 0.6) is 5.75 Å². The normalized spacial score (nSPS) is 15.7. The number of amides is 1. The van der Waals surface area contributed by atoms with Crippen molar-refractivity contribution >= 4 is 17.5 Å². The topological polar surface area (TPSA) is 89.5 Å². The number of halogens is 1. The number of aliphatic hydroxyl groups excluding tert-OH is 1. The van der Waals surface area contributed by atoms with E-state index in [1.807, 2.05) is 19.1 Å². The molecule has 0 spiro atoms. The SMILES string of the molecule is Cc1cc(O)c(-c2n[nH]c3c2C(c2ccc(C(C)C)cc2)N(CCCO)C3=O)cc1Cl. The number of aromatic nitrogens is 2. The highest BCUT2D eigenvalue weighted by Crippen LogP contribution is 2.45. The lowest BCUT2D eigenvalue weighted by Gasteiger charge is -2.26. The van der Waals surface area contributed by atoms with Crippen LogP contribution in [0.1, 0.15) is 65.0 Å². The zero-order chi connectivity index (χ0) is 22.3. The van der Waals surface area contributed by atoms with Gasteiger partial charge in [-0.15, -0.1) is 0 Å². The summed E-state index contributed by atoms with van der Waals surface area (Å²) in [5.41, 5.74) is 5.04. The number of fused-ring (bicyclic) bond motifs is 1. The summed E-state index contributed by atoms with van der Waals surface area (Å²) in [6.45, 7) is 6.50. The number of hydrogen-bond acceptors (Lipinski definition) is 4. The van der Waals surface area contributed by atoms with Crippen molar-refractivity contribution in [3.8, 4) is 17.0 Å². The summed E-state index contributed by atoms with van der Waals surface area (Å²) in [6.07, 6.45) is 0.473. The van der Waals surface area contributed by atoms with E-state index in [2.05, 4.69) is 36.2 Å². The lowest BCUT2D eigenvalue weighted by atomic mass is 9.93. The monoisotopic (exact) mass is 439 g/mol. The molecule has 1 aliphatic heterocycles. The minimum absolute atomic E-state index is 0.00378. The molecule has 0 saturated carbocycles. The van der Waals surface area contributed by atoms with Crippen molar-refractivity contribution in [2.75, 3.05) is 13.2 Å². The average Bonchev–Trinajstić information content (AvgIpc) is 3.28. The first kappa shape index (κ1) is 21.4. The molecule has 2 aromatic carbocycles. The maximum atomic E-state index is 13.2. The van der Waals surface area contributed by atoms with Crippen molar-refractivity contribution in [2.24, 2.45) is 0 Å². The molecule has 31 heavy (non-hydrogen) atoms. The molecule has 1 aliphatic rings. The number of phenolic OH excluding ortho intramolecular Hbond substituents is 1. The number of rotatable bonds is 6. The largest absolute Gasteiger partial charge is 0.507 e. The highest BCUT2D eigenvalue weighted by atomic mass is 35.5. The minimum Gasteiger partial charge on any atom is -0.507 e. The number of nitrogens with zero attached hydrogens (tertiary/aromatic N) is 2. The van der Waals surface area contributed by atoms with E-state index in [0.29, 0.717) is 40.9 Å². The average molecular weight is 440 g/mol. The summed E-state index contributed by atoms with van der Waals surface area (Å²) in [5, 5.41) is 27.7. The molecule has 0 saturated heterocycles. The molecule has 0 aliphatic carbocycles. The zero-order valence-corrected chi connectivity index (χ0v) is 18.6. The lowest BCUT2D eigenvalue weighted by Crippen LogP contribution is -2.31. The van der Waals surface area contributed by atoms with Crippen LogP contribution in [-0.2, 0) is 0 Å². The second-order valence-electron chi connectivity index (χ2n) is 8.28. The molecule has 1 unspecified atom stereocenters. The van der Waals surface area contributed by atoms with Crippen LogP contribution in [-0.4, -0.2) is 44.4 Å². The maximum absolute atomic E-state index is 13.2. The first-order valence-electron chi connectivity index (χ1n) is 10.4. The molecular weight excluding hydrogens is 414 g/mol. The Bertz CT molecular complexity index is 1120. The molecule has 3 N–H and O–H groups in total. The number of hydrogen-bond donors (Lipinski definition) is 3. The standard InChI is InChI=1S/C24H26ClN3O3/c1-13(2)15-5-7-16(8-6-15)23-20-21(17-12-18(25)14(3)11-19(17)30)26-27-22(20)24(31)28(23)9-4-10-29/h5-8,11-13,23,29-30H,4,9-10H2,1-3H3,(H,26,27). The van der Waals surface area contributed by atoms with Crippen molar-refractivity contribution in [3.63, 3.8) is 0 Å². The molecule has 1 atom stereocenters. The number of aliphatic hydroxyl groups is 1. The Balaban J connectivity index is 1.87. The molecule has 162 valence electrons. The van der Waals surface area contributed by atoms with Gasteiger partial charge in [0.1, 0.15) is 17.1 Å². The predicted molar refractivity (Wildman–Crippen MR) is 121 cm³/mol. The van der Waals surface area contributed by atoms with E-state index in [9.17, 15) is 15.0 Å². The number of benzene rings is 2. The molecule has 0 bridgehead atoms. The molecule has 0 radical (unpaired) electrons. The maximum Gasteiger partial charge on any atom is 0.273 e. The Kier molecular flexibility index (Phi) is 5.77. The number of H-pyrrole nitrogens is 1. The third-order valence-corrected chi connectivity index (χ3v) is 6.28. The number of aromatic hydroxyl groups is 1. The Hall–Kier alpha value is -2.83. The first-order valence-corrected chi connectivity index (χ1v) is 10.8. The van der Waals surface area contributed by atoms with Crippen LogP contribution in [0.2, 0.25) is 5.02 Å². The van der Waals surface area contributed by atoms with Gasteiger partial charge in [-0.05, 0) is 48.1 Å². The van der Waals surface area contributed by atoms with E-state index in [1.165, 1.54) is 5.56 Å². The van der Waals surface area contributed by atoms with Crippen LogP contribution < -0.4 is 0 Å². The molecule has 1 amide bonds. The van der Waals surface area contributed by atoms with Gasteiger partial charge in [0.2, 0.25) is 0 Å². The van der Waals surface area contributed by atoms with Crippen molar-refractivity contribution in [1.82, 2.24) is 15.1 Å². The van der Waals surface area contributed by atoms with E-state index in [-0.39, 0.29) is 24.3 Å². The third kappa shape index (κ3) is 3.70. The summed E-state index contributed by atoms with van der Waals surface area (Å²) < 4.78 is 0. The van der Waals surface area contributed by atoms with Crippen LogP contribution in [0.4, 0.5) is 0 Å². The van der Waals surface area contributed by atoms with E-state index in [0.717, 1.165) is 16.7 Å². The fraction of sp³-hybridized carbons (Fsp3) is 0.333. The number of aryl methyl sites for hydroxylation is 1. The van der Waals surface area contributed by atoms with E-state index >= 15 is 0 Å². The number of carbonyl (C=O) groups excluding carboxylic acids is 1. The second-order valence-corrected chi connectivity index (χ2v) is 8.69. The van der Waals surface area contributed by atoms with Gasteiger partial charge in [0, 0.05) is 29.3 Å². The molecule has 3 aromatic rings. The van der Waals surface area contributed by atoms with Gasteiger partial charge >= 0.3 is 0 Å². The van der Waals surface area contributed by atoms with Gasteiger partial charge < -0.3 is 15.1 Å². The quantitative estimate of drug-likeness (QED) is 0.514. The molecule has 6 nitrogen and oxygen atoms in total. The summed E-state index contributed by atoms with van der Waals surface area (Å²) in [5.74, 6) is 0.292. The second kappa shape index (κ2) is 8.36. The molecule has 0 fully saturated rings. The summed E-state index contributed by atoms with van der Waals surface area (Å²) in [6, 6.07) is 11.1. The zero-order valence-electron chi connectivity index (χ0n) is 17.8. The highest BCUT2D eigenvalue weighted by molar-refractivity contribution is 6.31. The molecular formula is C24H26ClN3O3. The Morgan fingerprint density at radius 3 is 2.58 bits per heavy atom. The fourth-order valence-electron chi connectivity index (χ4n) is 4.14. The smallest absolute Gasteiger partial charge is 0.273 e. The van der Waals surface area contributed by atoms with Crippen molar-refractivity contribution < 1.29 is 15.0 Å². The number of phenols is 1. The Labute approximate surface area is 186 Å². The number of carbonyl (C=O) groups is 1. The molecule has 2 heterocycles. The van der Waals surface area contributed by atoms with Gasteiger partial charge in [0.25, 0.3) is 5.91 Å². The highest BCUT2D eigenvalue weighted by Gasteiger charge is 2.42. The van der Waals surface area contributed by atoms with Gasteiger partial charge in [-0.2, -0.15) is 5.10 Å². The number of nitrogens with one attached hydrogen (secondary N) is 1. The molecule has 4 rings (SSSR count). The van der Waals surface area contributed by atoms with Gasteiger partial charge in [-0.25, -0.2) is 0 Å². The van der Waals surface area contributed by atoms with Gasteiger partial charge in [-0.3, -0.25) is 9.89 Å². The van der Waals surface area contributed by atoms with E-state index < -0.39 is 0 Å². The lowest BCUT2D eigenvalue weighted by molar-refractivity contribution is 0.0732. The fourth-order valence-corrected chi connectivity index (χ4v) is 4.30. The van der Waals surface area contributed by atoms with Crippen LogP contribution in [0.3, 0.4) is 0 Å². The van der Waals surface area contributed by atoms with Crippen LogP contribution >= 0.6 is 11.6 Å². The van der Waals surface area contributed by atoms with Crippen LogP contribution in [0.25, 0.3) is 11.3 Å². The Morgan fingerprint density at radius 1 is 1.23 bits per heavy atom. The van der Waals surface area contributed by atoms with Crippen LogP contribution in [0, 0.1) is 6.92 Å².